The average Bonchev–Trinajstić information content (AvgIpc) is 2.87. The van der Waals surface area contributed by atoms with E-state index in [0.717, 1.165) is 0 Å². The number of ketones is 3. The lowest BCUT2D eigenvalue weighted by Gasteiger charge is -2.42. The van der Waals surface area contributed by atoms with E-state index in [9.17, 15) is 34.8 Å². The summed E-state index contributed by atoms with van der Waals surface area (Å²) in [5.74, 6) is -3.18. The van der Waals surface area contributed by atoms with Crippen molar-refractivity contribution in [1.29, 1.82) is 0 Å². The monoisotopic (exact) mass is 527 g/mol. The quantitative estimate of drug-likeness (QED) is 0.305. The first-order chi connectivity index (χ1) is 17.9. The van der Waals surface area contributed by atoms with Gasteiger partial charge in [-0.3, -0.25) is 14.4 Å². The molecule has 1 heterocycles. The molecular formula is C27H29NO10. The van der Waals surface area contributed by atoms with Gasteiger partial charge in [0.25, 0.3) is 0 Å². The Labute approximate surface area is 217 Å². The standard InChI is InChI=1S/C27H29NO10/c1-10-22(30)14(28)7-17(37-10)38-16-9-27(35,11(2)29)8-13-19(16)26(34)21-20(24(13)32)23(31)12-5-4-6-15(36-3)18(12)25(21)33/h4-6,10,14,16-17,22,30,32,34-35H,7-9,28H2,1-3H3/t10-,14-,16+,17-,22+,27+/m0/s1. The van der Waals surface area contributed by atoms with Crippen LogP contribution in [0.4, 0.5) is 0 Å². The maximum Gasteiger partial charge on any atom is 0.202 e. The number of ether oxygens (including phenoxy) is 3. The molecule has 0 spiro atoms. The molecule has 3 aliphatic rings. The van der Waals surface area contributed by atoms with Crippen molar-refractivity contribution in [3.8, 4) is 17.2 Å². The summed E-state index contributed by atoms with van der Waals surface area (Å²) in [6.45, 7) is 2.79. The number of aliphatic hydroxyl groups is 2. The summed E-state index contributed by atoms with van der Waals surface area (Å²) in [6.07, 6.45) is -4.53. The van der Waals surface area contributed by atoms with E-state index in [1.54, 1.807) is 6.92 Å². The SMILES string of the molecule is COc1cccc2c1C(=O)c1c(O)c3c(c(O)c1C2=O)C[C@](O)(C(C)=O)C[C@H]3O[C@H]1C[C@H](N)[C@H](O)[C@H](C)O1. The van der Waals surface area contributed by atoms with Crippen LogP contribution in [0.3, 0.4) is 0 Å². The Hall–Kier alpha value is -3.35. The summed E-state index contributed by atoms with van der Waals surface area (Å²) in [5.41, 5.74) is 2.97. The number of rotatable bonds is 4. The molecule has 0 saturated carbocycles. The number of phenolic OH excluding ortho intramolecular Hbond substituents is 2. The number of carbonyl (C=O) groups is 3. The van der Waals surface area contributed by atoms with Gasteiger partial charge in [0.05, 0.1) is 42.1 Å². The smallest absolute Gasteiger partial charge is 0.202 e. The van der Waals surface area contributed by atoms with Gasteiger partial charge in [0.1, 0.15) is 22.8 Å². The number of aromatic hydroxyl groups is 2. The number of fused-ring (bicyclic) bond motifs is 3. The van der Waals surface area contributed by atoms with Crippen LogP contribution in [0, 0.1) is 0 Å². The molecular weight excluding hydrogens is 498 g/mol. The molecule has 38 heavy (non-hydrogen) atoms. The Morgan fingerprint density at radius 1 is 1.13 bits per heavy atom. The van der Waals surface area contributed by atoms with Gasteiger partial charge in [-0.2, -0.15) is 0 Å². The number of Topliss-reactive ketones (excluding diaryl/α,β-unsaturated/α-hetero) is 1. The van der Waals surface area contributed by atoms with Crippen LogP contribution in [0.25, 0.3) is 0 Å². The van der Waals surface area contributed by atoms with E-state index < -0.39 is 82.6 Å². The average molecular weight is 528 g/mol. The van der Waals surface area contributed by atoms with E-state index in [-0.39, 0.29) is 40.8 Å². The molecule has 1 aliphatic heterocycles. The van der Waals surface area contributed by atoms with Gasteiger partial charge in [-0.15, -0.1) is 0 Å². The molecule has 2 aromatic carbocycles. The zero-order valence-corrected chi connectivity index (χ0v) is 21.1. The normalized spacial score (nSPS) is 30.3. The van der Waals surface area contributed by atoms with E-state index in [2.05, 4.69) is 0 Å². The van der Waals surface area contributed by atoms with Crippen molar-refractivity contribution < 1.29 is 49.0 Å². The van der Waals surface area contributed by atoms with Crippen LogP contribution >= 0.6 is 0 Å². The third-order valence-corrected chi connectivity index (χ3v) is 7.80. The molecule has 0 aromatic heterocycles. The molecule has 11 heteroatoms. The number of benzene rings is 2. The number of hydrogen-bond donors (Lipinski definition) is 5. The molecule has 5 rings (SSSR count). The predicted molar refractivity (Wildman–Crippen MR) is 130 cm³/mol. The van der Waals surface area contributed by atoms with Gasteiger partial charge in [0.2, 0.25) is 5.78 Å². The summed E-state index contributed by atoms with van der Waals surface area (Å²) in [5, 5.41) is 44.1. The van der Waals surface area contributed by atoms with Gasteiger partial charge in [0, 0.05) is 42.0 Å². The van der Waals surface area contributed by atoms with Crippen molar-refractivity contribution in [2.75, 3.05) is 7.11 Å². The third kappa shape index (κ3) is 3.81. The molecule has 6 N–H and O–H groups in total. The van der Waals surface area contributed by atoms with E-state index in [0.29, 0.717) is 0 Å². The topological polar surface area (TPSA) is 186 Å². The summed E-state index contributed by atoms with van der Waals surface area (Å²) < 4.78 is 17.1. The van der Waals surface area contributed by atoms with Crippen LogP contribution in [0.15, 0.2) is 18.2 Å². The minimum atomic E-state index is -2.00. The first kappa shape index (κ1) is 26.3. The van der Waals surface area contributed by atoms with E-state index in [1.165, 1.54) is 32.2 Å². The molecule has 1 saturated heterocycles. The Bertz CT molecular complexity index is 1360. The summed E-state index contributed by atoms with van der Waals surface area (Å²) >= 11 is 0. The minimum absolute atomic E-state index is 0.0147. The summed E-state index contributed by atoms with van der Waals surface area (Å²) in [6, 6.07) is 3.75. The third-order valence-electron chi connectivity index (χ3n) is 7.80. The van der Waals surface area contributed by atoms with Gasteiger partial charge < -0.3 is 40.4 Å². The van der Waals surface area contributed by atoms with Crippen molar-refractivity contribution in [3.05, 3.63) is 51.6 Å². The number of nitrogens with two attached hydrogens (primary N) is 1. The zero-order valence-electron chi connectivity index (χ0n) is 21.1. The van der Waals surface area contributed by atoms with Gasteiger partial charge in [0.15, 0.2) is 17.9 Å². The summed E-state index contributed by atoms with van der Waals surface area (Å²) in [7, 11) is 1.34. The van der Waals surface area contributed by atoms with Crippen molar-refractivity contribution in [1.82, 2.24) is 0 Å². The van der Waals surface area contributed by atoms with E-state index in [1.807, 2.05) is 0 Å². The number of carbonyl (C=O) groups excluding carboxylic acids is 3. The van der Waals surface area contributed by atoms with Crippen LogP contribution in [0.2, 0.25) is 0 Å². The van der Waals surface area contributed by atoms with Crippen molar-refractivity contribution in [3.63, 3.8) is 0 Å². The number of methoxy groups -OCH3 is 1. The fourth-order valence-corrected chi connectivity index (χ4v) is 5.66. The Morgan fingerprint density at radius 2 is 1.82 bits per heavy atom. The fraction of sp³-hybridized carbons (Fsp3) is 0.444. The predicted octanol–water partition coefficient (Wildman–Crippen LogP) is 1.03. The second-order valence-corrected chi connectivity index (χ2v) is 10.1. The molecule has 0 bridgehead atoms. The largest absolute Gasteiger partial charge is 0.507 e. The van der Waals surface area contributed by atoms with Gasteiger partial charge in [-0.05, 0) is 19.9 Å². The first-order valence-electron chi connectivity index (χ1n) is 12.2. The minimum Gasteiger partial charge on any atom is -0.507 e. The molecule has 0 unspecified atom stereocenters. The molecule has 0 radical (unpaired) electrons. The van der Waals surface area contributed by atoms with Crippen LogP contribution in [-0.2, 0) is 20.7 Å². The highest BCUT2D eigenvalue weighted by molar-refractivity contribution is 6.31. The zero-order chi connectivity index (χ0) is 27.7. The number of hydrogen-bond acceptors (Lipinski definition) is 11. The van der Waals surface area contributed by atoms with Crippen molar-refractivity contribution >= 4 is 17.3 Å². The second kappa shape index (κ2) is 9.14. The maximum atomic E-state index is 13.6. The highest BCUT2D eigenvalue weighted by Crippen LogP contribution is 2.52. The molecule has 2 aliphatic carbocycles. The summed E-state index contributed by atoms with van der Waals surface area (Å²) in [4.78, 5) is 39.6. The van der Waals surface area contributed by atoms with Crippen LogP contribution in [0.5, 0.6) is 17.2 Å². The molecule has 11 nitrogen and oxygen atoms in total. The molecule has 6 atom stereocenters. The second-order valence-electron chi connectivity index (χ2n) is 10.1. The Balaban J connectivity index is 1.68. The number of aliphatic hydroxyl groups excluding tert-OH is 1. The van der Waals surface area contributed by atoms with E-state index in [4.69, 9.17) is 19.9 Å². The van der Waals surface area contributed by atoms with Gasteiger partial charge in [-0.25, -0.2) is 0 Å². The molecule has 202 valence electrons. The van der Waals surface area contributed by atoms with Crippen molar-refractivity contribution in [2.45, 2.75) is 69.4 Å². The Morgan fingerprint density at radius 3 is 2.45 bits per heavy atom. The Kier molecular flexibility index (Phi) is 6.32. The lowest BCUT2D eigenvalue weighted by molar-refractivity contribution is -0.247. The first-order valence-corrected chi connectivity index (χ1v) is 12.2. The van der Waals surface area contributed by atoms with Gasteiger partial charge >= 0.3 is 0 Å². The molecule has 0 amide bonds. The lowest BCUT2D eigenvalue weighted by atomic mass is 9.72. The highest BCUT2D eigenvalue weighted by atomic mass is 16.7. The van der Waals surface area contributed by atoms with Crippen LogP contribution in [0.1, 0.15) is 75.8 Å². The molecule has 1 fully saturated rings. The lowest BCUT2D eigenvalue weighted by Crippen LogP contribution is -2.52. The van der Waals surface area contributed by atoms with E-state index >= 15 is 0 Å². The highest BCUT2D eigenvalue weighted by Gasteiger charge is 2.49. The van der Waals surface area contributed by atoms with Crippen LogP contribution in [-0.4, -0.2) is 75.0 Å². The van der Waals surface area contributed by atoms with Crippen LogP contribution < -0.4 is 10.5 Å². The number of phenols is 2. The molecule has 2 aromatic rings. The van der Waals surface area contributed by atoms with Gasteiger partial charge in [-0.1, -0.05) is 12.1 Å². The van der Waals surface area contributed by atoms with Crippen molar-refractivity contribution in [2.24, 2.45) is 5.73 Å². The fourth-order valence-electron chi connectivity index (χ4n) is 5.66. The maximum absolute atomic E-state index is 13.6.